The number of hydrogen-bond donors (Lipinski definition) is 0. The fourth-order valence-corrected chi connectivity index (χ4v) is 1.34. The van der Waals surface area contributed by atoms with Gasteiger partial charge < -0.3 is 0 Å². The molecule has 0 aromatic rings. The molecule has 3 nitrogen and oxygen atoms in total. The van der Waals surface area contributed by atoms with Crippen molar-refractivity contribution in [2.24, 2.45) is 0 Å². The average molecular weight is 151 g/mol. The van der Waals surface area contributed by atoms with Crippen LogP contribution in [0.1, 0.15) is 19.8 Å². The van der Waals surface area contributed by atoms with Crippen LogP contribution in [0.3, 0.4) is 0 Å². The number of nitrogens with zero attached hydrogens (tertiary/aromatic N) is 1. The van der Waals surface area contributed by atoms with E-state index in [-0.39, 0.29) is 17.4 Å². The topological polar surface area (TPSA) is 37.4 Å². The molecule has 3 heteroatoms. The summed E-state index contributed by atoms with van der Waals surface area (Å²) in [5.41, 5.74) is -0.155. The Morgan fingerprint density at radius 2 is 1.73 bits per heavy atom. The van der Waals surface area contributed by atoms with Crippen LogP contribution in [0.2, 0.25) is 0 Å². The summed E-state index contributed by atoms with van der Waals surface area (Å²) < 4.78 is 0. The fourth-order valence-electron chi connectivity index (χ4n) is 1.34. The highest BCUT2D eigenvalue weighted by molar-refractivity contribution is 6.13. The van der Waals surface area contributed by atoms with Crippen molar-refractivity contribution in [3.63, 3.8) is 0 Å². The molecule has 0 radical (unpaired) electrons. The first-order chi connectivity index (χ1) is 5.13. The molecule has 58 valence electrons. The summed E-state index contributed by atoms with van der Waals surface area (Å²) in [5, 5.41) is 0. The van der Waals surface area contributed by atoms with Gasteiger partial charge in [0.05, 0.1) is 0 Å². The van der Waals surface area contributed by atoms with Crippen molar-refractivity contribution in [1.82, 2.24) is 4.90 Å². The third-order valence-electron chi connectivity index (χ3n) is 2.32. The molecule has 2 amide bonds. The van der Waals surface area contributed by atoms with E-state index in [1.807, 2.05) is 6.92 Å². The van der Waals surface area contributed by atoms with Crippen molar-refractivity contribution < 1.29 is 9.59 Å². The van der Waals surface area contributed by atoms with Crippen LogP contribution in [0.15, 0.2) is 12.2 Å². The summed E-state index contributed by atoms with van der Waals surface area (Å²) >= 11 is 0. The number of amides is 2. The van der Waals surface area contributed by atoms with Gasteiger partial charge in [0.25, 0.3) is 11.8 Å². The van der Waals surface area contributed by atoms with E-state index in [0.717, 1.165) is 12.8 Å². The maximum Gasteiger partial charge on any atom is 0.254 e. The minimum absolute atomic E-state index is 0.155. The molecule has 11 heavy (non-hydrogen) atoms. The molecule has 0 spiro atoms. The molecule has 0 N–H and O–H groups in total. The third-order valence-corrected chi connectivity index (χ3v) is 2.32. The second kappa shape index (κ2) is 1.72. The Morgan fingerprint density at radius 1 is 1.27 bits per heavy atom. The van der Waals surface area contributed by atoms with Gasteiger partial charge in [0, 0.05) is 17.7 Å². The SMILES string of the molecule is CC1(N2C(=O)C=CC2=O)CC1. The van der Waals surface area contributed by atoms with Crippen LogP contribution in [0.4, 0.5) is 0 Å². The quantitative estimate of drug-likeness (QED) is 0.511. The van der Waals surface area contributed by atoms with Crippen molar-refractivity contribution in [2.75, 3.05) is 0 Å². The average Bonchev–Trinajstić information content (AvgIpc) is 2.56. The van der Waals surface area contributed by atoms with Crippen LogP contribution in [-0.4, -0.2) is 22.3 Å². The van der Waals surface area contributed by atoms with E-state index in [0.29, 0.717) is 0 Å². The summed E-state index contributed by atoms with van der Waals surface area (Å²) in [4.78, 5) is 23.5. The van der Waals surface area contributed by atoms with Crippen LogP contribution in [-0.2, 0) is 9.59 Å². The molecule has 0 unspecified atom stereocenters. The number of rotatable bonds is 1. The minimum atomic E-state index is -0.157. The molecular weight excluding hydrogens is 142 g/mol. The lowest BCUT2D eigenvalue weighted by atomic mass is 10.3. The van der Waals surface area contributed by atoms with Gasteiger partial charge in [0.15, 0.2) is 0 Å². The van der Waals surface area contributed by atoms with Crippen LogP contribution in [0.5, 0.6) is 0 Å². The molecule has 1 heterocycles. The van der Waals surface area contributed by atoms with E-state index in [4.69, 9.17) is 0 Å². The number of imide groups is 1. The highest BCUT2D eigenvalue weighted by Gasteiger charge is 2.49. The molecule has 0 atom stereocenters. The number of carbonyl (C=O) groups excluding carboxylic acids is 2. The summed E-state index contributed by atoms with van der Waals surface area (Å²) in [5.74, 6) is -0.315. The predicted molar refractivity (Wildman–Crippen MR) is 38.6 cm³/mol. The van der Waals surface area contributed by atoms with Gasteiger partial charge in [0.1, 0.15) is 0 Å². The predicted octanol–water partition coefficient (Wildman–Crippen LogP) is 0.464. The monoisotopic (exact) mass is 151 g/mol. The van der Waals surface area contributed by atoms with Crippen molar-refractivity contribution in [3.8, 4) is 0 Å². The third kappa shape index (κ3) is 0.803. The van der Waals surface area contributed by atoms with Gasteiger partial charge in [-0.05, 0) is 19.8 Å². The van der Waals surface area contributed by atoms with Crippen molar-refractivity contribution in [3.05, 3.63) is 12.2 Å². The Kier molecular flexibility index (Phi) is 1.03. The normalized spacial score (nSPS) is 26.5. The molecule has 1 saturated carbocycles. The lowest BCUT2D eigenvalue weighted by molar-refractivity contribution is -0.139. The van der Waals surface area contributed by atoms with E-state index in [2.05, 4.69) is 0 Å². The molecule has 2 aliphatic rings. The largest absolute Gasteiger partial charge is 0.269 e. The molecule has 1 fully saturated rings. The van der Waals surface area contributed by atoms with E-state index < -0.39 is 0 Å². The highest BCUT2D eigenvalue weighted by atomic mass is 16.2. The van der Waals surface area contributed by atoms with Crippen molar-refractivity contribution in [2.45, 2.75) is 25.3 Å². The van der Waals surface area contributed by atoms with Crippen LogP contribution in [0.25, 0.3) is 0 Å². The molecular formula is C8H9NO2. The lowest BCUT2D eigenvalue weighted by Gasteiger charge is -2.20. The second-order valence-electron chi connectivity index (χ2n) is 3.34. The van der Waals surface area contributed by atoms with Gasteiger partial charge >= 0.3 is 0 Å². The minimum Gasteiger partial charge on any atom is -0.269 e. The fraction of sp³-hybridized carbons (Fsp3) is 0.500. The molecule has 1 aliphatic heterocycles. The Bertz CT molecular complexity index is 245. The highest BCUT2D eigenvalue weighted by Crippen LogP contribution is 2.42. The van der Waals surface area contributed by atoms with Gasteiger partial charge in [-0.1, -0.05) is 0 Å². The zero-order chi connectivity index (χ0) is 8.06. The van der Waals surface area contributed by atoms with Crippen LogP contribution < -0.4 is 0 Å². The summed E-state index contributed by atoms with van der Waals surface area (Å²) in [6, 6.07) is 0. The van der Waals surface area contributed by atoms with E-state index in [1.54, 1.807) is 0 Å². The van der Waals surface area contributed by atoms with E-state index in [9.17, 15) is 9.59 Å². The second-order valence-corrected chi connectivity index (χ2v) is 3.34. The molecule has 1 aliphatic carbocycles. The summed E-state index contributed by atoms with van der Waals surface area (Å²) in [7, 11) is 0. The smallest absolute Gasteiger partial charge is 0.254 e. The standard InChI is InChI=1S/C8H9NO2/c1-8(4-5-8)9-6(10)2-3-7(9)11/h2-3H,4-5H2,1H3. The zero-order valence-electron chi connectivity index (χ0n) is 6.33. The van der Waals surface area contributed by atoms with E-state index >= 15 is 0 Å². The number of hydrogen-bond acceptors (Lipinski definition) is 2. The molecule has 0 aromatic carbocycles. The number of carbonyl (C=O) groups is 2. The lowest BCUT2D eigenvalue weighted by Crippen LogP contribution is -2.39. The Morgan fingerprint density at radius 3 is 2.09 bits per heavy atom. The Hall–Kier alpha value is -1.12. The Balaban J connectivity index is 2.27. The first-order valence-corrected chi connectivity index (χ1v) is 3.70. The van der Waals surface area contributed by atoms with Gasteiger partial charge in [-0.2, -0.15) is 0 Å². The van der Waals surface area contributed by atoms with Crippen LogP contribution >= 0.6 is 0 Å². The van der Waals surface area contributed by atoms with Gasteiger partial charge in [-0.3, -0.25) is 14.5 Å². The van der Waals surface area contributed by atoms with Gasteiger partial charge in [0.2, 0.25) is 0 Å². The first kappa shape index (κ1) is 6.58. The van der Waals surface area contributed by atoms with Crippen molar-refractivity contribution in [1.29, 1.82) is 0 Å². The van der Waals surface area contributed by atoms with Gasteiger partial charge in [-0.25, -0.2) is 0 Å². The summed E-state index contributed by atoms with van der Waals surface area (Å²) in [6.45, 7) is 1.94. The molecule has 0 bridgehead atoms. The molecule has 2 rings (SSSR count). The van der Waals surface area contributed by atoms with Gasteiger partial charge in [-0.15, -0.1) is 0 Å². The first-order valence-electron chi connectivity index (χ1n) is 3.70. The maximum atomic E-state index is 11.1. The molecule has 0 aromatic heterocycles. The van der Waals surface area contributed by atoms with E-state index in [1.165, 1.54) is 17.1 Å². The van der Waals surface area contributed by atoms with Crippen LogP contribution in [0, 0.1) is 0 Å². The summed E-state index contributed by atoms with van der Waals surface area (Å²) in [6.07, 6.45) is 4.58. The molecule has 0 saturated heterocycles. The maximum absolute atomic E-state index is 11.1. The Labute approximate surface area is 64.7 Å². The zero-order valence-corrected chi connectivity index (χ0v) is 6.33. The van der Waals surface area contributed by atoms with Crippen molar-refractivity contribution >= 4 is 11.8 Å².